The quantitative estimate of drug-likeness (QED) is 0.842. The number of piperidine rings is 1. The predicted molar refractivity (Wildman–Crippen MR) is 91.3 cm³/mol. The first-order chi connectivity index (χ1) is 10.0. The molecule has 2 N–H and O–H groups in total. The lowest BCUT2D eigenvalue weighted by Crippen LogP contribution is -2.47. The minimum Gasteiger partial charge on any atom is -0.323 e. The van der Waals surface area contributed by atoms with E-state index in [0.717, 1.165) is 12.6 Å². The molecule has 0 amide bonds. The first-order valence-electron chi connectivity index (χ1n) is 8.59. The van der Waals surface area contributed by atoms with E-state index in [1.165, 1.54) is 44.2 Å². The molecule has 2 unspecified atom stereocenters. The molecule has 1 aromatic carbocycles. The van der Waals surface area contributed by atoms with Crippen molar-refractivity contribution in [3.63, 3.8) is 0 Å². The van der Waals surface area contributed by atoms with Gasteiger partial charge in [-0.25, -0.2) is 0 Å². The number of likely N-dealkylation sites (tertiary alicyclic amines) is 1. The maximum absolute atomic E-state index is 6.58. The maximum Gasteiger partial charge on any atom is 0.0359 e. The number of nitrogens with zero attached hydrogens (tertiary/aromatic N) is 1. The summed E-state index contributed by atoms with van der Waals surface area (Å²) in [6.07, 6.45) is 6.72. The molecule has 21 heavy (non-hydrogen) atoms. The van der Waals surface area contributed by atoms with E-state index in [1.807, 2.05) is 0 Å². The zero-order valence-electron chi connectivity index (χ0n) is 14.0. The Morgan fingerprint density at radius 2 is 1.95 bits per heavy atom. The molecule has 118 valence electrons. The monoisotopic (exact) mass is 288 g/mol. The van der Waals surface area contributed by atoms with Crippen LogP contribution in [0.4, 0.5) is 0 Å². The smallest absolute Gasteiger partial charge is 0.0359 e. The van der Waals surface area contributed by atoms with E-state index in [2.05, 4.69) is 56.0 Å². The van der Waals surface area contributed by atoms with Crippen LogP contribution in [0.1, 0.15) is 64.5 Å². The van der Waals surface area contributed by atoms with Crippen LogP contribution in [0.3, 0.4) is 0 Å². The fraction of sp³-hybridized carbons (Fsp3) is 0.684. The zero-order valence-corrected chi connectivity index (χ0v) is 14.0. The van der Waals surface area contributed by atoms with Gasteiger partial charge in [0.05, 0.1) is 0 Å². The molecule has 1 heterocycles. The van der Waals surface area contributed by atoms with Crippen LogP contribution in [0.5, 0.6) is 0 Å². The number of benzene rings is 1. The van der Waals surface area contributed by atoms with Crippen LogP contribution in [-0.4, -0.2) is 24.0 Å². The Kier molecular flexibility index (Phi) is 5.83. The summed E-state index contributed by atoms with van der Waals surface area (Å²) < 4.78 is 0. The summed E-state index contributed by atoms with van der Waals surface area (Å²) in [6, 6.07) is 11.4. The van der Waals surface area contributed by atoms with Gasteiger partial charge in [0.2, 0.25) is 0 Å². The molecule has 2 atom stereocenters. The van der Waals surface area contributed by atoms with Crippen molar-refractivity contribution in [3.05, 3.63) is 35.9 Å². The van der Waals surface area contributed by atoms with Crippen molar-refractivity contribution >= 4 is 0 Å². The third-order valence-corrected chi connectivity index (χ3v) is 4.98. The molecule has 1 aliphatic heterocycles. The van der Waals surface area contributed by atoms with Crippen molar-refractivity contribution < 1.29 is 0 Å². The van der Waals surface area contributed by atoms with Gasteiger partial charge in [-0.3, -0.25) is 4.90 Å². The predicted octanol–water partition coefficient (Wildman–Crippen LogP) is 4.37. The van der Waals surface area contributed by atoms with Crippen molar-refractivity contribution in [1.29, 1.82) is 0 Å². The highest BCUT2D eigenvalue weighted by molar-refractivity contribution is 5.20. The maximum atomic E-state index is 6.58. The van der Waals surface area contributed by atoms with E-state index in [1.54, 1.807) is 0 Å². The average molecular weight is 288 g/mol. The van der Waals surface area contributed by atoms with E-state index < -0.39 is 0 Å². The van der Waals surface area contributed by atoms with Gasteiger partial charge in [0.15, 0.2) is 0 Å². The van der Waals surface area contributed by atoms with Crippen LogP contribution in [0.2, 0.25) is 0 Å². The van der Waals surface area contributed by atoms with E-state index in [-0.39, 0.29) is 11.5 Å². The number of hydrogen-bond acceptors (Lipinski definition) is 2. The highest BCUT2D eigenvalue weighted by Gasteiger charge is 2.33. The first-order valence-corrected chi connectivity index (χ1v) is 8.59. The molecular formula is C19H32N2. The largest absolute Gasteiger partial charge is 0.323 e. The summed E-state index contributed by atoms with van der Waals surface area (Å²) in [6.45, 7) is 9.29. The van der Waals surface area contributed by atoms with E-state index in [4.69, 9.17) is 5.73 Å². The summed E-state index contributed by atoms with van der Waals surface area (Å²) in [5, 5.41) is 0. The fourth-order valence-electron chi connectivity index (χ4n) is 3.66. The summed E-state index contributed by atoms with van der Waals surface area (Å²) in [5.41, 5.74) is 7.94. The highest BCUT2D eigenvalue weighted by atomic mass is 15.2. The van der Waals surface area contributed by atoms with Gasteiger partial charge in [0, 0.05) is 18.6 Å². The summed E-state index contributed by atoms with van der Waals surface area (Å²) >= 11 is 0. The first kappa shape index (κ1) is 16.5. The summed E-state index contributed by atoms with van der Waals surface area (Å²) in [7, 11) is 0. The van der Waals surface area contributed by atoms with Crippen molar-refractivity contribution in [3.8, 4) is 0 Å². The molecule has 0 saturated carbocycles. The lowest BCUT2D eigenvalue weighted by atomic mass is 9.79. The fourth-order valence-corrected chi connectivity index (χ4v) is 3.66. The number of rotatable bonds is 6. The minimum absolute atomic E-state index is 0.0999. The van der Waals surface area contributed by atoms with E-state index in [0.29, 0.717) is 0 Å². The molecule has 0 radical (unpaired) electrons. The Morgan fingerprint density at radius 3 is 2.62 bits per heavy atom. The van der Waals surface area contributed by atoms with Gasteiger partial charge >= 0.3 is 0 Å². The second-order valence-corrected chi connectivity index (χ2v) is 7.29. The van der Waals surface area contributed by atoms with Crippen LogP contribution in [0.25, 0.3) is 0 Å². The van der Waals surface area contributed by atoms with Gasteiger partial charge in [0.1, 0.15) is 0 Å². The Morgan fingerprint density at radius 1 is 1.24 bits per heavy atom. The lowest BCUT2D eigenvalue weighted by molar-refractivity contribution is 0.0780. The van der Waals surface area contributed by atoms with Crippen LogP contribution < -0.4 is 5.73 Å². The van der Waals surface area contributed by atoms with Gasteiger partial charge in [-0.2, -0.15) is 0 Å². The summed E-state index contributed by atoms with van der Waals surface area (Å²) in [4.78, 5) is 2.70. The van der Waals surface area contributed by atoms with Crippen LogP contribution in [0, 0.1) is 5.41 Å². The Labute approximate surface area is 130 Å². The molecule has 0 spiro atoms. The number of nitrogens with two attached hydrogens (primary N) is 1. The molecule has 1 aliphatic rings. The van der Waals surface area contributed by atoms with Gasteiger partial charge in [-0.1, -0.05) is 63.9 Å². The molecule has 1 saturated heterocycles. The Balaban J connectivity index is 2.04. The van der Waals surface area contributed by atoms with Gasteiger partial charge < -0.3 is 5.73 Å². The van der Waals surface area contributed by atoms with Crippen LogP contribution in [-0.2, 0) is 0 Å². The molecule has 2 heteroatoms. The van der Waals surface area contributed by atoms with Crippen molar-refractivity contribution in [2.24, 2.45) is 11.1 Å². The van der Waals surface area contributed by atoms with Gasteiger partial charge in [-0.05, 0) is 36.8 Å². The molecule has 0 bridgehead atoms. The normalized spacial score (nSPS) is 22.2. The van der Waals surface area contributed by atoms with E-state index in [9.17, 15) is 0 Å². The van der Waals surface area contributed by atoms with Crippen LogP contribution in [0.15, 0.2) is 30.3 Å². The number of hydrogen-bond donors (Lipinski definition) is 1. The molecule has 2 rings (SSSR count). The van der Waals surface area contributed by atoms with Gasteiger partial charge in [0.25, 0.3) is 0 Å². The third kappa shape index (κ3) is 4.31. The standard InChI is InChI=1S/C19H32N2/c1-4-10-17-13-8-9-14-21(17)15-19(2,3)18(20)16-11-6-5-7-12-16/h5-7,11-12,17-18H,4,8-10,13-15,20H2,1-3H3. The molecule has 2 nitrogen and oxygen atoms in total. The second kappa shape index (κ2) is 7.42. The van der Waals surface area contributed by atoms with Crippen molar-refractivity contribution in [2.75, 3.05) is 13.1 Å². The lowest BCUT2D eigenvalue weighted by Gasteiger charge is -2.43. The second-order valence-electron chi connectivity index (χ2n) is 7.29. The SMILES string of the molecule is CCCC1CCCCN1CC(C)(C)C(N)c1ccccc1. The van der Waals surface area contributed by atoms with Gasteiger partial charge in [-0.15, -0.1) is 0 Å². The minimum atomic E-state index is 0.0999. The van der Waals surface area contributed by atoms with Crippen molar-refractivity contribution in [1.82, 2.24) is 4.90 Å². The molecule has 1 aromatic rings. The third-order valence-electron chi connectivity index (χ3n) is 4.98. The Hall–Kier alpha value is -0.860. The van der Waals surface area contributed by atoms with Crippen LogP contribution >= 0.6 is 0 Å². The molecular weight excluding hydrogens is 256 g/mol. The summed E-state index contributed by atoms with van der Waals surface area (Å²) in [5.74, 6) is 0. The molecule has 1 fully saturated rings. The molecule has 0 aliphatic carbocycles. The molecule has 0 aromatic heterocycles. The highest BCUT2D eigenvalue weighted by Crippen LogP contribution is 2.34. The van der Waals surface area contributed by atoms with E-state index >= 15 is 0 Å². The Bertz CT molecular complexity index is 411. The zero-order chi connectivity index (χ0) is 15.3. The van der Waals surface area contributed by atoms with Crippen molar-refractivity contribution in [2.45, 2.75) is 65.0 Å². The average Bonchev–Trinajstić information content (AvgIpc) is 2.49. The topological polar surface area (TPSA) is 29.3 Å².